The van der Waals surface area contributed by atoms with Crippen LogP contribution in [0.4, 0.5) is 15.9 Å². The molecule has 5 nitrogen and oxygen atoms in total. The second-order valence-corrected chi connectivity index (χ2v) is 3.78. The van der Waals surface area contributed by atoms with Crippen molar-refractivity contribution < 1.29 is 9.18 Å². The minimum absolute atomic E-state index is 0.172. The minimum atomic E-state index is -0.429. The van der Waals surface area contributed by atoms with Crippen molar-refractivity contribution in [3.63, 3.8) is 0 Å². The highest BCUT2D eigenvalue weighted by molar-refractivity contribution is 6.02. The van der Waals surface area contributed by atoms with E-state index in [0.717, 1.165) is 6.54 Å². The monoisotopic (exact) mass is 260 g/mol. The Bertz CT molecular complexity index is 571. The predicted molar refractivity (Wildman–Crippen MR) is 70.5 cm³/mol. The number of hydrogen-bond acceptors (Lipinski definition) is 4. The molecule has 0 spiro atoms. The van der Waals surface area contributed by atoms with Gasteiger partial charge in [-0.25, -0.2) is 14.4 Å². The van der Waals surface area contributed by atoms with Crippen LogP contribution in [0.25, 0.3) is 0 Å². The lowest BCUT2D eigenvalue weighted by Crippen LogP contribution is -2.14. The quantitative estimate of drug-likeness (QED) is 0.885. The fraction of sp³-hybridized carbons (Fsp3) is 0.154. The van der Waals surface area contributed by atoms with Gasteiger partial charge in [0.25, 0.3) is 5.91 Å². The molecule has 0 unspecified atom stereocenters. The average Bonchev–Trinajstić information content (AvgIpc) is 2.40. The standard InChI is InChI=1S/C13H13FN4O/c1-2-15-12-8-16-11(7-17-12)13(19)18-10-5-3-4-9(14)6-10/h3-8H,2H2,1H3,(H,15,17)(H,18,19). The predicted octanol–water partition coefficient (Wildman–Crippen LogP) is 2.30. The van der Waals surface area contributed by atoms with Gasteiger partial charge in [0, 0.05) is 12.2 Å². The first kappa shape index (κ1) is 12.9. The molecule has 2 aromatic rings. The summed E-state index contributed by atoms with van der Waals surface area (Å²) in [4.78, 5) is 19.9. The van der Waals surface area contributed by atoms with Crippen LogP contribution >= 0.6 is 0 Å². The molecule has 0 aliphatic rings. The summed E-state index contributed by atoms with van der Waals surface area (Å²) in [7, 11) is 0. The zero-order valence-electron chi connectivity index (χ0n) is 10.4. The molecule has 0 fully saturated rings. The van der Waals surface area contributed by atoms with Gasteiger partial charge < -0.3 is 10.6 Å². The summed E-state index contributed by atoms with van der Waals surface area (Å²) in [5.41, 5.74) is 0.550. The van der Waals surface area contributed by atoms with Gasteiger partial charge in [0.2, 0.25) is 0 Å². The highest BCUT2D eigenvalue weighted by atomic mass is 19.1. The Hall–Kier alpha value is -2.50. The smallest absolute Gasteiger partial charge is 0.275 e. The third-order valence-corrected chi connectivity index (χ3v) is 2.32. The van der Waals surface area contributed by atoms with Crippen molar-refractivity contribution in [3.8, 4) is 0 Å². The minimum Gasteiger partial charge on any atom is -0.369 e. The van der Waals surface area contributed by atoms with Gasteiger partial charge in [-0.1, -0.05) is 6.07 Å². The number of nitrogens with one attached hydrogen (secondary N) is 2. The first-order valence-electron chi connectivity index (χ1n) is 5.82. The zero-order chi connectivity index (χ0) is 13.7. The highest BCUT2D eigenvalue weighted by Crippen LogP contribution is 2.10. The number of nitrogens with zero attached hydrogens (tertiary/aromatic N) is 2. The Balaban J connectivity index is 2.07. The van der Waals surface area contributed by atoms with E-state index in [0.29, 0.717) is 11.5 Å². The number of aromatic nitrogens is 2. The molecule has 0 saturated heterocycles. The van der Waals surface area contributed by atoms with Crippen LogP contribution in [0.1, 0.15) is 17.4 Å². The van der Waals surface area contributed by atoms with Gasteiger partial charge in [-0.2, -0.15) is 0 Å². The largest absolute Gasteiger partial charge is 0.369 e. The van der Waals surface area contributed by atoms with Gasteiger partial charge in [-0.05, 0) is 25.1 Å². The van der Waals surface area contributed by atoms with Crippen LogP contribution in [0.2, 0.25) is 0 Å². The van der Waals surface area contributed by atoms with E-state index in [1.165, 1.54) is 30.6 Å². The Morgan fingerprint density at radius 1 is 1.32 bits per heavy atom. The summed E-state index contributed by atoms with van der Waals surface area (Å²) in [6.07, 6.45) is 2.84. The number of hydrogen-bond donors (Lipinski definition) is 2. The molecule has 2 N–H and O–H groups in total. The third-order valence-electron chi connectivity index (χ3n) is 2.32. The SMILES string of the molecule is CCNc1cnc(C(=O)Nc2cccc(F)c2)cn1. The van der Waals surface area contributed by atoms with Crippen LogP contribution in [0.3, 0.4) is 0 Å². The van der Waals surface area contributed by atoms with Crippen LogP contribution in [0.15, 0.2) is 36.7 Å². The lowest BCUT2D eigenvalue weighted by molar-refractivity contribution is 0.102. The molecular weight excluding hydrogens is 247 g/mol. The number of rotatable bonds is 4. The molecule has 0 saturated carbocycles. The van der Waals surface area contributed by atoms with Gasteiger partial charge in [-0.15, -0.1) is 0 Å². The fourth-order valence-electron chi connectivity index (χ4n) is 1.48. The van der Waals surface area contributed by atoms with E-state index in [1.54, 1.807) is 6.07 Å². The van der Waals surface area contributed by atoms with Crippen LogP contribution in [-0.2, 0) is 0 Å². The molecule has 1 amide bonds. The Kier molecular flexibility index (Phi) is 4.02. The van der Waals surface area contributed by atoms with Crippen molar-refractivity contribution in [2.24, 2.45) is 0 Å². The Morgan fingerprint density at radius 2 is 2.16 bits per heavy atom. The number of carbonyl (C=O) groups excluding carboxylic acids is 1. The zero-order valence-corrected chi connectivity index (χ0v) is 10.4. The number of amides is 1. The second-order valence-electron chi connectivity index (χ2n) is 3.78. The number of halogens is 1. The van der Waals surface area contributed by atoms with Crippen LogP contribution < -0.4 is 10.6 Å². The van der Waals surface area contributed by atoms with Crippen molar-refractivity contribution in [1.82, 2.24) is 9.97 Å². The fourth-order valence-corrected chi connectivity index (χ4v) is 1.48. The molecule has 1 heterocycles. The summed E-state index contributed by atoms with van der Waals surface area (Å²) < 4.78 is 13.0. The van der Waals surface area contributed by atoms with Crippen molar-refractivity contribution in [1.29, 1.82) is 0 Å². The molecule has 1 aromatic heterocycles. The van der Waals surface area contributed by atoms with Crippen molar-refractivity contribution in [2.45, 2.75) is 6.92 Å². The maximum absolute atomic E-state index is 13.0. The van der Waals surface area contributed by atoms with E-state index in [2.05, 4.69) is 20.6 Å². The number of benzene rings is 1. The lowest BCUT2D eigenvalue weighted by Gasteiger charge is -2.05. The topological polar surface area (TPSA) is 66.9 Å². The number of anilines is 2. The van der Waals surface area contributed by atoms with Gasteiger partial charge in [0.15, 0.2) is 0 Å². The maximum Gasteiger partial charge on any atom is 0.275 e. The van der Waals surface area contributed by atoms with Gasteiger partial charge in [0.1, 0.15) is 17.3 Å². The van der Waals surface area contributed by atoms with Crippen molar-refractivity contribution >= 4 is 17.4 Å². The van der Waals surface area contributed by atoms with Crippen molar-refractivity contribution in [2.75, 3.05) is 17.2 Å². The normalized spacial score (nSPS) is 10.0. The average molecular weight is 260 g/mol. The summed E-state index contributed by atoms with van der Waals surface area (Å²) in [6.45, 7) is 2.66. The van der Waals surface area contributed by atoms with Gasteiger partial charge in [0.05, 0.1) is 12.4 Å². The number of carbonyl (C=O) groups is 1. The van der Waals surface area contributed by atoms with E-state index in [4.69, 9.17) is 0 Å². The van der Waals surface area contributed by atoms with Crippen LogP contribution in [0.5, 0.6) is 0 Å². The molecule has 0 aliphatic heterocycles. The van der Waals surface area contributed by atoms with E-state index >= 15 is 0 Å². The molecule has 19 heavy (non-hydrogen) atoms. The van der Waals surface area contributed by atoms with Crippen LogP contribution in [-0.4, -0.2) is 22.4 Å². The summed E-state index contributed by atoms with van der Waals surface area (Å²) in [5.74, 6) is -0.239. The summed E-state index contributed by atoms with van der Waals surface area (Å²) in [5, 5.41) is 5.52. The maximum atomic E-state index is 13.0. The van der Waals surface area contributed by atoms with E-state index in [-0.39, 0.29) is 5.69 Å². The van der Waals surface area contributed by atoms with E-state index < -0.39 is 11.7 Å². The first-order chi connectivity index (χ1) is 9.19. The second kappa shape index (κ2) is 5.90. The summed E-state index contributed by atoms with van der Waals surface area (Å²) in [6, 6.07) is 5.66. The Morgan fingerprint density at radius 3 is 2.79 bits per heavy atom. The van der Waals surface area contributed by atoms with Gasteiger partial charge >= 0.3 is 0 Å². The molecule has 0 atom stereocenters. The van der Waals surface area contributed by atoms with E-state index in [1.807, 2.05) is 6.92 Å². The molecule has 0 radical (unpaired) electrons. The lowest BCUT2D eigenvalue weighted by atomic mass is 10.3. The summed E-state index contributed by atoms with van der Waals surface area (Å²) >= 11 is 0. The first-order valence-corrected chi connectivity index (χ1v) is 5.82. The molecular formula is C13H13FN4O. The molecule has 0 bridgehead atoms. The highest BCUT2D eigenvalue weighted by Gasteiger charge is 2.08. The van der Waals surface area contributed by atoms with Crippen LogP contribution in [0, 0.1) is 5.82 Å². The third kappa shape index (κ3) is 3.48. The molecule has 98 valence electrons. The molecule has 1 aromatic carbocycles. The molecule has 0 aliphatic carbocycles. The van der Waals surface area contributed by atoms with E-state index in [9.17, 15) is 9.18 Å². The molecule has 2 rings (SSSR count). The van der Waals surface area contributed by atoms with Gasteiger partial charge in [-0.3, -0.25) is 4.79 Å². The Labute approximate surface area is 109 Å². The van der Waals surface area contributed by atoms with Crippen molar-refractivity contribution in [3.05, 3.63) is 48.2 Å². The molecule has 6 heteroatoms.